The molecule has 7 nitrogen and oxygen atoms in total. The predicted molar refractivity (Wildman–Crippen MR) is 88.1 cm³/mol. The summed E-state index contributed by atoms with van der Waals surface area (Å²) in [6, 6.07) is -0.496. The first-order valence-corrected chi connectivity index (χ1v) is 8.66. The number of hydrogen-bond donors (Lipinski definition) is 0. The van der Waals surface area contributed by atoms with Crippen LogP contribution >= 0.6 is 0 Å². The molecule has 130 valence electrons. The molecule has 0 aliphatic carbocycles. The maximum absolute atomic E-state index is 12.9. The van der Waals surface area contributed by atoms with E-state index in [4.69, 9.17) is 4.42 Å². The number of carbonyl (C=O) groups excluding carboxylic acids is 2. The van der Waals surface area contributed by atoms with Gasteiger partial charge in [0.05, 0.1) is 0 Å². The van der Waals surface area contributed by atoms with E-state index in [0.717, 1.165) is 30.7 Å². The second-order valence-electron chi connectivity index (χ2n) is 6.51. The number of aryl methyl sites for hydroxylation is 1. The molecule has 1 aromatic rings. The molecule has 2 aliphatic rings. The summed E-state index contributed by atoms with van der Waals surface area (Å²) in [5.74, 6) is 0.986. The van der Waals surface area contributed by atoms with Gasteiger partial charge in [0.25, 0.3) is 17.8 Å². The molecule has 0 saturated carbocycles. The average molecular weight is 333 g/mol. The number of fused-ring (bicyclic) bond motifs is 3. The quantitative estimate of drug-likeness (QED) is 0.593. The lowest BCUT2D eigenvalue weighted by molar-refractivity contribution is -0.685. The average Bonchev–Trinajstić information content (AvgIpc) is 3.05. The molecule has 0 aromatic carbocycles. The van der Waals surface area contributed by atoms with E-state index in [0.29, 0.717) is 18.4 Å². The van der Waals surface area contributed by atoms with Crippen LogP contribution in [-0.2, 0) is 4.79 Å². The van der Waals surface area contributed by atoms with Gasteiger partial charge in [-0.3, -0.25) is 14.6 Å². The Morgan fingerprint density at radius 2 is 1.88 bits per heavy atom. The number of rotatable bonds is 6. The Kier molecular flexibility index (Phi) is 4.43. The molecule has 2 aliphatic heterocycles. The first-order chi connectivity index (χ1) is 11.5. The smallest absolute Gasteiger partial charge is 0.389 e. The molecule has 0 N–H and O–H groups in total. The van der Waals surface area contributed by atoms with Crippen molar-refractivity contribution in [1.82, 2.24) is 9.80 Å². The van der Waals surface area contributed by atoms with Gasteiger partial charge in [0.15, 0.2) is 5.76 Å². The second kappa shape index (κ2) is 6.37. The van der Waals surface area contributed by atoms with Crippen molar-refractivity contribution in [2.45, 2.75) is 58.9 Å². The molecular formula is C17H25N4O3+. The lowest BCUT2D eigenvalue weighted by atomic mass is 10.1. The Morgan fingerprint density at radius 3 is 2.58 bits per heavy atom. The van der Waals surface area contributed by atoms with Crippen molar-refractivity contribution in [3.05, 3.63) is 11.5 Å². The third-order valence-corrected chi connectivity index (χ3v) is 4.88. The monoisotopic (exact) mass is 333 g/mol. The van der Waals surface area contributed by atoms with Crippen molar-refractivity contribution in [3.8, 4) is 0 Å². The van der Waals surface area contributed by atoms with Gasteiger partial charge in [0, 0.05) is 25.5 Å². The Bertz CT molecular complexity index is 707. The van der Waals surface area contributed by atoms with Crippen LogP contribution in [0.5, 0.6) is 0 Å². The van der Waals surface area contributed by atoms with Crippen LogP contribution < -0.4 is 4.57 Å². The van der Waals surface area contributed by atoms with Crippen molar-refractivity contribution in [2.75, 3.05) is 13.6 Å². The molecule has 0 spiro atoms. The highest BCUT2D eigenvalue weighted by Crippen LogP contribution is 2.30. The van der Waals surface area contributed by atoms with Gasteiger partial charge in [-0.25, -0.2) is 4.79 Å². The molecule has 3 rings (SSSR count). The van der Waals surface area contributed by atoms with E-state index >= 15 is 0 Å². The number of hydrogen-bond acceptors (Lipinski definition) is 4. The summed E-state index contributed by atoms with van der Waals surface area (Å²) < 4.78 is 7.40. The number of unbranched alkanes of at least 4 members (excludes halogenated alkanes) is 4. The van der Waals surface area contributed by atoms with Gasteiger partial charge in [-0.2, -0.15) is 4.57 Å². The van der Waals surface area contributed by atoms with E-state index in [1.807, 2.05) is 13.8 Å². The van der Waals surface area contributed by atoms with E-state index in [1.54, 1.807) is 11.6 Å². The summed E-state index contributed by atoms with van der Waals surface area (Å²) >= 11 is 0. The van der Waals surface area contributed by atoms with Crippen LogP contribution in [0.25, 0.3) is 0 Å². The van der Waals surface area contributed by atoms with Crippen molar-refractivity contribution < 1.29 is 18.6 Å². The van der Waals surface area contributed by atoms with Gasteiger partial charge in [0.1, 0.15) is 5.69 Å². The number of carbonyl (C=O) groups is 2. The molecule has 7 heteroatoms. The van der Waals surface area contributed by atoms with Gasteiger partial charge >= 0.3 is 12.0 Å². The van der Waals surface area contributed by atoms with Gasteiger partial charge in [-0.05, 0) is 13.3 Å². The highest BCUT2D eigenvalue weighted by atomic mass is 16.4. The standard InChI is InChI=1S/C17H25N4O3/c1-5-6-7-8-9-10-20-15(22)13-14(19(4)17(20)23)18-16-21(13)11(2)12(3)24-16/h13H,5-10H2,1-4H3/q+1. The van der Waals surface area contributed by atoms with E-state index < -0.39 is 6.04 Å². The van der Waals surface area contributed by atoms with E-state index in [2.05, 4.69) is 11.9 Å². The number of imide groups is 1. The number of oxazole rings is 1. The molecule has 1 fully saturated rings. The van der Waals surface area contributed by atoms with Crippen molar-refractivity contribution in [3.63, 3.8) is 0 Å². The topological polar surface area (TPSA) is 70.0 Å². The lowest BCUT2D eigenvalue weighted by Crippen LogP contribution is -2.63. The van der Waals surface area contributed by atoms with Crippen LogP contribution in [-0.4, -0.2) is 41.2 Å². The van der Waals surface area contributed by atoms with E-state index in [1.165, 1.54) is 22.6 Å². The minimum Gasteiger partial charge on any atom is -0.389 e. The van der Waals surface area contributed by atoms with Crippen LogP contribution in [0, 0.1) is 13.8 Å². The number of nitrogens with zero attached hydrogens (tertiary/aromatic N) is 4. The minimum atomic E-state index is -0.587. The summed E-state index contributed by atoms with van der Waals surface area (Å²) in [6.45, 7) is 6.38. The normalized spacial score (nSPS) is 19.7. The first-order valence-electron chi connectivity index (χ1n) is 8.66. The summed E-state index contributed by atoms with van der Waals surface area (Å²) in [4.78, 5) is 32.7. The molecule has 1 unspecified atom stereocenters. The Hall–Kier alpha value is -2.18. The number of amides is 3. The van der Waals surface area contributed by atoms with Gasteiger partial charge in [0.2, 0.25) is 0 Å². The molecular weight excluding hydrogens is 308 g/mol. The summed E-state index contributed by atoms with van der Waals surface area (Å²) in [5, 5.41) is 0. The van der Waals surface area contributed by atoms with Crippen LogP contribution in [0.4, 0.5) is 10.8 Å². The SMILES string of the molecule is CCCCCCCN1C(=O)C2C(=Nc3oc(C)c(C)[n+]32)N(C)C1=O. The highest BCUT2D eigenvalue weighted by molar-refractivity contribution is 6.18. The zero-order chi connectivity index (χ0) is 17.4. The van der Waals surface area contributed by atoms with E-state index in [9.17, 15) is 9.59 Å². The number of amidine groups is 1. The molecule has 3 amide bonds. The van der Waals surface area contributed by atoms with Crippen molar-refractivity contribution in [2.24, 2.45) is 4.99 Å². The summed E-state index contributed by atoms with van der Waals surface area (Å²) in [5.41, 5.74) is 0.868. The van der Waals surface area contributed by atoms with Crippen molar-refractivity contribution >= 4 is 23.8 Å². The van der Waals surface area contributed by atoms with Crippen molar-refractivity contribution in [1.29, 1.82) is 0 Å². The molecule has 1 saturated heterocycles. The Balaban J connectivity index is 1.80. The van der Waals surface area contributed by atoms with Crippen LogP contribution in [0.2, 0.25) is 0 Å². The molecule has 1 aromatic heterocycles. The zero-order valence-corrected chi connectivity index (χ0v) is 14.8. The van der Waals surface area contributed by atoms with Crippen LogP contribution in [0.15, 0.2) is 9.41 Å². The highest BCUT2D eigenvalue weighted by Gasteiger charge is 2.55. The van der Waals surface area contributed by atoms with Gasteiger partial charge in [-0.15, -0.1) is 0 Å². The summed E-state index contributed by atoms with van der Waals surface area (Å²) in [6.07, 6.45) is 5.37. The third-order valence-electron chi connectivity index (χ3n) is 4.88. The largest absolute Gasteiger partial charge is 0.507 e. The fourth-order valence-electron chi connectivity index (χ4n) is 3.31. The zero-order valence-electron chi connectivity index (χ0n) is 14.8. The van der Waals surface area contributed by atoms with Crippen LogP contribution in [0.1, 0.15) is 56.5 Å². The number of aromatic nitrogens is 1. The first kappa shape index (κ1) is 16.7. The lowest BCUT2D eigenvalue weighted by Gasteiger charge is -2.32. The Morgan fingerprint density at radius 1 is 1.17 bits per heavy atom. The van der Waals surface area contributed by atoms with Gasteiger partial charge in [-0.1, -0.05) is 32.6 Å². The third kappa shape index (κ3) is 2.52. The maximum atomic E-state index is 12.9. The number of likely N-dealkylation sites (N-methyl/N-ethyl adjacent to an activating group) is 1. The molecule has 1 atom stereocenters. The number of aliphatic imine (C=N–C) groups is 1. The fourth-order valence-corrected chi connectivity index (χ4v) is 3.31. The minimum absolute atomic E-state index is 0.208. The van der Waals surface area contributed by atoms with E-state index in [-0.39, 0.29) is 11.9 Å². The van der Waals surface area contributed by atoms with Gasteiger partial charge < -0.3 is 4.42 Å². The second-order valence-corrected chi connectivity index (χ2v) is 6.51. The van der Waals surface area contributed by atoms with Crippen LogP contribution in [0.3, 0.4) is 0 Å². The summed E-state index contributed by atoms with van der Waals surface area (Å²) in [7, 11) is 1.67. The molecule has 0 bridgehead atoms. The molecule has 24 heavy (non-hydrogen) atoms. The fraction of sp³-hybridized carbons (Fsp3) is 0.647. The predicted octanol–water partition coefficient (Wildman–Crippen LogP) is 2.63. The maximum Gasteiger partial charge on any atom is 0.507 e. The Labute approximate surface area is 141 Å². The number of urea groups is 1. The molecule has 0 radical (unpaired) electrons. The molecule has 3 heterocycles.